The van der Waals surface area contributed by atoms with Crippen LogP contribution in [-0.2, 0) is 23.4 Å². The molecular weight excluding hydrogens is 358 g/mol. The molecule has 0 aliphatic carbocycles. The molecule has 1 atom stereocenters. The minimum atomic E-state index is -0.0493. The molecule has 0 saturated carbocycles. The van der Waals surface area contributed by atoms with E-state index in [1.165, 1.54) is 23.8 Å². The first-order valence-electron chi connectivity index (χ1n) is 11.0. The zero-order chi connectivity index (χ0) is 20.1. The molecule has 0 radical (unpaired) electrons. The normalized spacial score (nSPS) is 23.0. The van der Waals surface area contributed by atoms with Gasteiger partial charge in [-0.05, 0) is 48.9 Å². The Morgan fingerprint density at radius 2 is 1.66 bits per heavy atom. The van der Waals surface area contributed by atoms with Crippen LogP contribution in [-0.4, -0.2) is 41.8 Å². The topological polar surface area (TPSA) is 49.6 Å². The number of nitrogens with zero attached hydrogens (tertiary/aromatic N) is 2. The molecule has 1 unspecified atom stereocenters. The van der Waals surface area contributed by atoms with Gasteiger partial charge in [-0.2, -0.15) is 0 Å². The summed E-state index contributed by atoms with van der Waals surface area (Å²) >= 11 is 0. The van der Waals surface area contributed by atoms with Crippen LogP contribution in [0.3, 0.4) is 0 Å². The van der Waals surface area contributed by atoms with Gasteiger partial charge in [0.1, 0.15) is 6.29 Å². The van der Waals surface area contributed by atoms with Crippen molar-refractivity contribution in [2.75, 3.05) is 19.6 Å². The fourth-order valence-electron chi connectivity index (χ4n) is 5.25. The number of piperidine rings is 2. The number of hydrogen-bond acceptors (Lipinski definition) is 4. The lowest BCUT2D eigenvalue weighted by molar-refractivity contribution is -0.119. The Balaban J connectivity index is 1.58. The molecule has 4 nitrogen and oxygen atoms in total. The lowest BCUT2D eigenvalue weighted by atomic mass is 9.76. The van der Waals surface area contributed by atoms with Crippen LogP contribution >= 0.6 is 0 Å². The summed E-state index contributed by atoms with van der Waals surface area (Å²) in [5.41, 5.74) is 9.66. The maximum absolute atomic E-state index is 11.9. The molecule has 4 heteroatoms. The first-order chi connectivity index (χ1) is 14.2. The van der Waals surface area contributed by atoms with Crippen molar-refractivity contribution in [2.24, 2.45) is 5.73 Å². The summed E-state index contributed by atoms with van der Waals surface area (Å²) in [5.74, 6) is 0. The second-order valence-corrected chi connectivity index (χ2v) is 8.59. The van der Waals surface area contributed by atoms with Gasteiger partial charge in [0, 0.05) is 31.7 Å². The first-order valence-corrected chi connectivity index (χ1v) is 11.0. The van der Waals surface area contributed by atoms with E-state index in [0.717, 1.165) is 57.4 Å². The number of aldehydes is 1. The molecule has 0 bridgehead atoms. The maximum atomic E-state index is 11.9. The number of carbonyl (C=O) groups excluding carboxylic acids is 1. The highest BCUT2D eigenvalue weighted by Gasteiger charge is 2.44. The quantitative estimate of drug-likeness (QED) is 0.763. The Hall–Kier alpha value is -2.01. The summed E-state index contributed by atoms with van der Waals surface area (Å²) in [7, 11) is 0. The average Bonchev–Trinajstić information content (AvgIpc) is 2.80. The molecule has 0 amide bonds. The zero-order valence-corrected chi connectivity index (χ0v) is 17.3. The molecule has 2 aromatic carbocycles. The van der Waals surface area contributed by atoms with Crippen LogP contribution in [0.25, 0.3) is 0 Å². The van der Waals surface area contributed by atoms with E-state index >= 15 is 0 Å². The van der Waals surface area contributed by atoms with Gasteiger partial charge in [-0.15, -0.1) is 0 Å². The minimum absolute atomic E-state index is 0.0404. The summed E-state index contributed by atoms with van der Waals surface area (Å²) in [6.07, 6.45) is 6.63. The van der Waals surface area contributed by atoms with Crippen LogP contribution in [0.15, 0.2) is 54.6 Å². The predicted octanol–water partition coefficient (Wildman–Crippen LogP) is 3.69. The fourth-order valence-corrected chi connectivity index (χ4v) is 5.25. The first kappa shape index (κ1) is 20.3. The number of hydrogen-bond donors (Lipinski definition) is 1. The molecule has 2 aliphatic rings. The number of likely N-dealkylation sites (tertiary alicyclic amines) is 2. The van der Waals surface area contributed by atoms with Crippen molar-refractivity contribution in [1.82, 2.24) is 9.80 Å². The third-order valence-corrected chi connectivity index (χ3v) is 6.92. The van der Waals surface area contributed by atoms with Gasteiger partial charge in [-0.3, -0.25) is 9.80 Å². The highest BCUT2D eigenvalue weighted by atomic mass is 16.1. The van der Waals surface area contributed by atoms with Crippen molar-refractivity contribution in [3.8, 4) is 0 Å². The molecule has 4 rings (SSSR count). The van der Waals surface area contributed by atoms with Crippen LogP contribution in [0.1, 0.15) is 48.8 Å². The highest BCUT2D eigenvalue weighted by Crippen LogP contribution is 2.42. The minimum Gasteiger partial charge on any atom is -0.326 e. The number of rotatable bonds is 6. The summed E-state index contributed by atoms with van der Waals surface area (Å²) in [5, 5.41) is 0. The van der Waals surface area contributed by atoms with Crippen molar-refractivity contribution in [3.05, 3.63) is 71.3 Å². The summed E-state index contributed by atoms with van der Waals surface area (Å²) in [6.45, 7) is 4.69. The van der Waals surface area contributed by atoms with Crippen molar-refractivity contribution < 1.29 is 4.79 Å². The largest absolute Gasteiger partial charge is 0.326 e. The van der Waals surface area contributed by atoms with Gasteiger partial charge in [0.15, 0.2) is 0 Å². The number of carbonyl (C=O) groups is 1. The molecule has 2 saturated heterocycles. The van der Waals surface area contributed by atoms with E-state index < -0.39 is 0 Å². The van der Waals surface area contributed by atoms with E-state index in [-0.39, 0.29) is 11.6 Å². The van der Waals surface area contributed by atoms with Crippen molar-refractivity contribution in [3.63, 3.8) is 0 Å². The van der Waals surface area contributed by atoms with Crippen molar-refractivity contribution in [2.45, 2.75) is 56.8 Å². The second-order valence-electron chi connectivity index (χ2n) is 8.59. The Bertz CT molecular complexity index is 781. The number of nitrogens with two attached hydrogens (primary N) is 1. The lowest BCUT2D eigenvalue weighted by Crippen LogP contribution is -2.58. The smallest absolute Gasteiger partial charge is 0.137 e. The van der Waals surface area contributed by atoms with Gasteiger partial charge in [0.25, 0.3) is 0 Å². The molecular formula is C25H33N3O. The Kier molecular flexibility index (Phi) is 6.43. The van der Waals surface area contributed by atoms with Crippen molar-refractivity contribution in [1.29, 1.82) is 0 Å². The van der Waals surface area contributed by atoms with Crippen LogP contribution < -0.4 is 5.73 Å². The third-order valence-electron chi connectivity index (χ3n) is 6.92. The SMILES string of the molecule is NCc1ccc(C2(N3CCCCC3C=O)CCN(Cc3ccccc3)CC2)cc1. The monoisotopic (exact) mass is 391 g/mol. The van der Waals surface area contributed by atoms with E-state index in [2.05, 4.69) is 64.4 Å². The van der Waals surface area contributed by atoms with E-state index in [1.54, 1.807) is 0 Å². The van der Waals surface area contributed by atoms with E-state index in [9.17, 15) is 4.79 Å². The van der Waals surface area contributed by atoms with Gasteiger partial charge in [-0.25, -0.2) is 0 Å². The number of benzene rings is 2. The van der Waals surface area contributed by atoms with Crippen LogP contribution in [0, 0.1) is 0 Å². The second kappa shape index (κ2) is 9.21. The van der Waals surface area contributed by atoms with Gasteiger partial charge in [0.05, 0.1) is 6.04 Å². The summed E-state index contributed by atoms with van der Waals surface area (Å²) in [4.78, 5) is 17.0. The van der Waals surface area contributed by atoms with Crippen LogP contribution in [0.2, 0.25) is 0 Å². The Morgan fingerprint density at radius 1 is 0.931 bits per heavy atom. The molecule has 154 valence electrons. The summed E-state index contributed by atoms with van der Waals surface area (Å²) in [6, 6.07) is 19.6. The molecule has 0 spiro atoms. The van der Waals surface area contributed by atoms with Crippen LogP contribution in [0.4, 0.5) is 0 Å². The summed E-state index contributed by atoms with van der Waals surface area (Å²) < 4.78 is 0. The van der Waals surface area contributed by atoms with Crippen LogP contribution in [0.5, 0.6) is 0 Å². The molecule has 2 aliphatic heterocycles. The standard InChI is InChI=1S/C25H33N3O/c26-18-21-9-11-23(12-10-21)25(28-15-5-4-8-24(28)20-29)13-16-27(17-14-25)19-22-6-2-1-3-7-22/h1-3,6-7,9-12,20,24H,4-5,8,13-19,26H2. The van der Waals surface area contributed by atoms with Crippen molar-refractivity contribution >= 4 is 6.29 Å². The highest BCUT2D eigenvalue weighted by molar-refractivity contribution is 5.58. The molecule has 29 heavy (non-hydrogen) atoms. The van der Waals surface area contributed by atoms with E-state index in [1.807, 2.05) is 0 Å². The molecule has 2 heterocycles. The van der Waals surface area contributed by atoms with Gasteiger partial charge in [0.2, 0.25) is 0 Å². The Labute approximate surface area is 174 Å². The average molecular weight is 392 g/mol. The zero-order valence-electron chi connectivity index (χ0n) is 17.3. The maximum Gasteiger partial charge on any atom is 0.137 e. The molecule has 0 aromatic heterocycles. The molecule has 2 fully saturated rings. The van der Waals surface area contributed by atoms with E-state index in [0.29, 0.717) is 6.54 Å². The Morgan fingerprint density at radius 3 is 2.31 bits per heavy atom. The molecule has 2 N–H and O–H groups in total. The van der Waals surface area contributed by atoms with Gasteiger partial charge in [-0.1, -0.05) is 61.0 Å². The van der Waals surface area contributed by atoms with Gasteiger partial charge < -0.3 is 10.5 Å². The predicted molar refractivity (Wildman–Crippen MR) is 117 cm³/mol. The lowest BCUT2D eigenvalue weighted by Gasteiger charge is -2.52. The van der Waals surface area contributed by atoms with E-state index in [4.69, 9.17) is 5.73 Å². The third kappa shape index (κ3) is 4.30. The fraction of sp³-hybridized carbons (Fsp3) is 0.480. The molecule has 2 aromatic rings. The van der Waals surface area contributed by atoms with Gasteiger partial charge >= 0.3 is 0 Å².